The van der Waals surface area contributed by atoms with Crippen molar-refractivity contribution in [2.45, 2.75) is 25.7 Å². The summed E-state index contributed by atoms with van der Waals surface area (Å²) in [6.07, 6.45) is 5.20. The second-order valence-corrected chi connectivity index (χ2v) is 2.82. The molecule has 2 rings (SSSR count). The highest BCUT2D eigenvalue weighted by atomic mass is 16.5. The molecule has 1 saturated heterocycles. The first-order chi connectivity index (χ1) is 4.47. The van der Waals surface area contributed by atoms with Crippen LogP contribution in [0.1, 0.15) is 25.7 Å². The van der Waals surface area contributed by atoms with Crippen molar-refractivity contribution < 1.29 is 4.74 Å². The van der Waals surface area contributed by atoms with E-state index in [0.29, 0.717) is 0 Å². The number of ether oxygens (including phenoxy) is 1. The van der Waals surface area contributed by atoms with E-state index in [-0.39, 0.29) is 0 Å². The van der Waals surface area contributed by atoms with Crippen LogP contribution in [0.4, 0.5) is 0 Å². The Hall–Kier alpha value is -0.300. The Morgan fingerprint density at radius 3 is 1.89 bits per heavy atom. The lowest BCUT2D eigenvalue weighted by Gasteiger charge is -2.13. The second kappa shape index (κ2) is 2.14. The molecule has 0 N–H and O–H groups in total. The van der Waals surface area contributed by atoms with Crippen molar-refractivity contribution in [3.05, 3.63) is 11.1 Å². The maximum absolute atomic E-state index is 5.24. The first kappa shape index (κ1) is 5.48. The summed E-state index contributed by atoms with van der Waals surface area (Å²) in [5, 5.41) is 0. The molecule has 2 aliphatic rings. The molecule has 0 spiro atoms. The molecule has 1 heterocycles. The maximum atomic E-state index is 5.24. The first-order valence-corrected chi connectivity index (χ1v) is 3.74. The molecule has 1 nitrogen and oxygen atoms in total. The zero-order valence-corrected chi connectivity index (χ0v) is 5.65. The van der Waals surface area contributed by atoms with Crippen LogP contribution in [0, 0.1) is 0 Å². The Morgan fingerprint density at radius 2 is 1.33 bits per heavy atom. The standard InChI is InChI=1S/C8H12O/c1-2-7(1)8-3-5-9-6-4-8/h1-6H2. The molecule has 9 heavy (non-hydrogen) atoms. The van der Waals surface area contributed by atoms with Crippen LogP contribution in [-0.4, -0.2) is 13.2 Å². The largest absolute Gasteiger partial charge is 0.381 e. The lowest BCUT2D eigenvalue weighted by Crippen LogP contribution is -2.06. The third kappa shape index (κ3) is 1.16. The molecule has 0 unspecified atom stereocenters. The average Bonchev–Trinajstić information content (AvgIpc) is 2.71. The van der Waals surface area contributed by atoms with Gasteiger partial charge in [0.15, 0.2) is 0 Å². The van der Waals surface area contributed by atoms with Crippen molar-refractivity contribution in [1.82, 2.24) is 0 Å². The van der Waals surface area contributed by atoms with Gasteiger partial charge >= 0.3 is 0 Å². The van der Waals surface area contributed by atoms with Crippen LogP contribution >= 0.6 is 0 Å². The molecular weight excluding hydrogens is 112 g/mol. The summed E-state index contributed by atoms with van der Waals surface area (Å²) in [4.78, 5) is 0. The van der Waals surface area contributed by atoms with E-state index in [1.54, 1.807) is 11.1 Å². The number of hydrogen-bond acceptors (Lipinski definition) is 1. The fraction of sp³-hybridized carbons (Fsp3) is 0.750. The van der Waals surface area contributed by atoms with E-state index in [0.717, 1.165) is 13.2 Å². The first-order valence-electron chi connectivity index (χ1n) is 3.74. The molecule has 50 valence electrons. The average molecular weight is 124 g/mol. The molecule has 0 aromatic carbocycles. The minimum atomic E-state index is 0.971. The smallest absolute Gasteiger partial charge is 0.0503 e. The van der Waals surface area contributed by atoms with Crippen LogP contribution in [-0.2, 0) is 4.74 Å². The van der Waals surface area contributed by atoms with Crippen molar-refractivity contribution in [3.8, 4) is 0 Å². The molecule has 0 aromatic rings. The van der Waals surface area contributed by atoms with Crippen LogP contribution in [0.5, 0.6) is 0 Å². The van der Waals surface area contributed by atoms with E-state index in [9.17, 15) is 0 Å². The molecule has 2 fully saturated rings. The van der Waals surface area contributed by atoms with Crippen LogP contribution in [0.15, 0.2) is 11.1 Å². The van der Waals surface area contributed by atoms with Gasteiger partial charge in [-0.1, -0.05) is 11.1 Å². The van der Waals surface area contributed by atoms with Crippen LogP contribution in [0.2, 0.25) is 0 Å². The normalized spacial score (nSPS) is 26.7. The van der Waals surface area contributed by atoms with Gasteiger partial charge in [0.25, 0.3) is 0 Å². The molecule has 1 heteroatoms. The molecule has 1 aliphatic heterocycles. The highest BCUT2D eigenvalue weighted by Crippen LogP contribution is 2.35. The Morgan fingerprint density at radius 1 is 0.778 bits per heavy atom. The molecule has 0 amide bonds. The monoisotopic (exact) mass is 124 g/mol. The summed E-state index contributed by atoms with van der Waals surface area (Å²) in [6, 6.07) is 0. The van der Waals surface area contributed by atoms with E-state index >= 15 is 0 Å². The zero-order valence-electron chi connectivity index (χ0n) is 5.65. The van der Waals surface area contributed by atoms with Crippen LogP contribution in [0.25, 0.3) is 0 Å². The summed E-state index contributed by atoms with van der Waals surface area (Å²) in [5.41, 5.74) is 3.44. The third-order valence-electron chi connectivity index (χ3n) is 2.10. The third-order valence-corrected chi connectivity index (χ3v) is 2.10. The van der Waals surface area contributed by atoms with Gasteiger partial charge < -0.3 is 4.74 Å². The van der Waals surface area contributed by atoms with E-state index in [1.807, 2.05) is 0 Å². The molecule has 0 bridgehead atoms. The van der Waals surface area contributed by atoms with Gasteiger partial charge in [-0.05, 0) is 25.7 Å². The Labute approximate surface area is 55.7 Å². The zero-order chi connectivity index (χ0) is 6.10. The number of hydrogen-bond donors (Lipinski definition) is 0. The summed E-state index contributed by atoms with van der Waals surface area (Å²) in [5.74, 6) is 0. The lowest BCUT2D eigenvalue weighted by atomic mass is 10.1. The molecular formula is C8H12O. The van der Waals surface area contributed by atoms with Crippen molar-refractivity contribution >= 4 is 0 Å². The molecule has 1 aliphatic carbocycles. The predicted octanol–water partition coefficient (Wildman–Crippen LogP) is 1.89. The van der Waals surface area contributed by atoms with Crippen molar-refractivity contribution in [3.63, 3.8) is 0 Å². The Bertz CT molecular complexity index is 133. The molecule has 0 aromatic heterocycles. The number of rotatable bonds is 0. The highest BCUT2D eigenvalue weighted by Gasteiger charge is 2.18. The van der Waals surface area contributed by atoms with Crippen LogP contribution in [0.3, 0.4) is 0 Å². The molecule has 0 radical (unpaired) electrons. The lowest BCUT2D eigenvalue weighted by molar-refractivity contribution is 0.119. The van der Waals surface area contributed by atoms with E-state index < -0.39 is 0 Å². The molecule has 0 atom stereocenters. The molecule has 1 saturated carbocycles. The summed E-state index contributed by atoms with van der Waals surface area (Å²) in [6.45, 7) is 1.94. The van der Waals surface area contributed by atoms with Crippen molar-refractivity contribution in [1.29, 1.82) is 0 Å². The quantitative estimate of drug-likeness (QED) is 0.448. The summed E-state index contributed by atoms with van der Waals surface area (Å²) < 4.78 is 5.24. The van der Waals surface area contributed by atoms with Crippen molar-refractivity contribution in [2.75, 3.05) is 13.2 Å². The van der Waals surface area contributed by atoms with E-state index in [2.05, 4.69) is 0 Å². The van der Waals surface area contributed by atoms with Crippen molar-refractivity contribution in [2.24, 2.45) is 0 Å². The van der Waals surface area contributed by atoms with E-state index in [4.69, 9.17) is 4.74 Å². The second-order valence-electron chi connectivity index (χ2n) is 2.82. The van der Waals surface area contributed by atoms with Gasteiger partial charge in [-0.3, -0.25) is 0 Å². The minimum Gasteiger partial charge on any atom is -0.381 e. The fourth-order valence-electron chi connectivity index (χ4n) is 1.39. The van der Waals surface area contributed by atoms with Gasteiger partial charge in [-0.25, -0.2) is 0 Å². The van der Waals surface area contributed by atoms with Gasteiger partial charge in [0, 0.05) is 0 Å². The van der Waals surface area contributed by atoms with Gasteiger partial charge in [0.1, 0.15) is 0 Å². The van der Waals surface area contributed by atoms with Crippen LogP contribution < -0.4 is 0 Å². The van der Waals surface area contributed by atoms with E-state index in [1.165, 1.54) is 25.7 Å². The van der Waals surface area contributed by atoms with Gasteiger partial charge in [0.05, 0.1) is 13.2 Å². The Kier molecular flexibility index (Phi) is 1.31. The van der Waals surface area contributed by atoms with Gasteiger partial charge in [0.2, 0.25) is 0 Å². The minimum absolute atomic E-state index is 0.971. The van der Waals surface area contributed by atoms with Gasteiger partial charge in [-0.15, -0.1) is 0 Å². The SMILES string of the molecule is C1CC(=C2CC2)CCO1. The Balaban J connectivity index is 2.02. The number of allylic oxidation sites excluding steroid dienone is 1. The van der Waals surface area contributed by atoms with Gasteiger partial charge in [-0.2, -0.15) is 0 Å². The summed E-state index contributed by atoms with van der Waals surface area (Å²) >= 11 is 0. The fourth-order valence-corrected chi connectivity index (χ4v) is 1.39. The summed E-state index contributed by atoms with van der Waals surface area (Å²) in [7, 11) is 0. The topological polar surface area (TPSA) is 9.23 Å². The highest BCUT2D eigenvalue weighted by molar-refractivity contribution is 5.25. The maximum Gasteiger partial charge on any atom is 0.0503 e. The predicted molar refractivity (Wildman–Crippen MR) is 36.3 cm³/mol.